The maximum absolute atomic E-state index is 11.2. The van der Waals surface area contributed by atoms with E-state index < -0.39 is 24.9 Å². The molecule has 0 radical (unpaired) electrons. The van der Waals surface area contributed by atoms with Crippen LogP contribution < -0.4 is 47.7 Å². The van der Waals surface area contributed by atoms with Crippen LogP contribution in [0, 0.1) is 62.3 Å². The number of halogens is 3. The van der Waals surface area contributed by atoms with E-state index in [4.69, 9.17) is 0 Å². The Morgan fingerprint density at radius 2 is 0.300 bits per heavy atom. The maximum atomic E-state index is 11.2. The molecule has 0 aliphatic carbocycles. The zero-order chi connectivity index (χ0) is 49.8. The zero-order valence-electron chi connectivity index (χ0n) is 41.8. The summed E-state index contributed by atoms with van der Waals surface area (Å²) in [4.78, 5) is 0. The van der Waals surface area contributed by atoms with E-state index in [1.807, 2.05) is 0 Å². The van der Waals surface area contributed by atoms with Crippen LogP contribution in [0.5, 0.6) is 0 Å². The molecule has 9 aromatic carbocycles. The van der Waals surface area contributed by atoms with Gasteiger partial charge in [0.05, 0.1) is 0 Å². The number of aryl methyl sites for hydroxylation is 9. The second-order valence-corrected chi connectivity index (χ2v) is 114. The molecule has 0 fully saturated rings. The summed E-state index contributed by atoms with van der Waals surface area (Å²) in [6.07, 6.45) is 0. The van der Waals surface area contributed by atoms with Crippen molar-refractivity contribution in [3.05, 3.63) is 268 Å². The Morgan fingerprint density at radius 1 is 0.200 bits per heavy atom. The van der Waals surface area contributed by atoms with Crippen molar-refractivity contribution >= 4 is 93.0 Å². The molecular weight excluding hydrogens is 1150 g/mol. The van der Waals surface area contributed by atoms with Gasteiger partial charge in [-0.2, -0.15) is 0 Å². The molecule has 0 nitrogen and oxygen atoms in total. The average molecular weight is 1210 g/mol. The van der Waals surface area contributed by atoms with Gasteiger partial charge in [0, 0.05) is 0 Å². The first kappa shape index (κ1) is 50.7. The molecule has 0 amide bonds. The summed E-state index contributed by atoms with van der Waals surface area (Å²) in [5.74, 6) is 0. The predicted molar refractivity (Wildman–Crippen MR) is 320 cm³/mol. The van der Waals surface area contributed by atoms with Gasteiger partial charge >= 0.3 is 432 Å². The minimum absolute atomic E-state index is 1.13. The van der Waals surface area contributed by atoms with Crippen LogP contribution in [0.3, 0.4) is 0 Å². The molecule has 0 aromatic heterocycles. The first-order valence-electron chi connectivity index (χ1n) is 24.1. The molecular formula is C63H66Cl3IrP3. The van der Waals surface area contributed by atoms with E-state index >= 15 is 0 Å². The van der Waals surface area contributed by atoms with Crippen molar-refractivity contribution in [2.75, 3.05) is 0 Å². The van der Waals surface area contributed by atoms with Gasteiger partial charge in [-0.15, -0.1) is 0 Å². The van der Waals surface area contributed by atoms with Gasteiger partial charge < -0.3 is 0 Å². The number of hydrogen-bond donors (Lipinski definition) is 0. The first-order chi connectivity index (χ1) is 33.5. The Balaban J connectivity index is 1.91. The van der Waals surface area contributed by atoms with E-state index in [0.29, 0.717) is 0 Å². The molecule has 0 atom stereocenters. The normalized spacial score (nSPS) is 14.1. The molecule has 0 unspecified atom stereocenters. The monoisotopic (exact) mass is 1210 g/mol. The Morgan fingerprint density at radius 3 is 0.400 bits per heavy atom. The van der Waals surface area contributed by atoms with Crippen molar-refractivity contribution in [1.29, 1.82) is 0 Å². The quantitative estimate of drug-likeness (QED) is 0.107. The molecule has 70 heavy (non-hydrogen) atoms. The molecule has 0 saturated heterocycles. The van der Waals surface area contributed by atoms with Crippen molar-refractivity contribution in [2.45, 2.75) is 62.3 Å². The molecule has 0 N–H and O–H groups in total. The van der Waals surface area contributed by atoms with Gasteiger partial charge in [0.15, 0.2) is 0 Å². The van der Waals surface area contributed by atoms with Crippen LogP contribution >= 0.6 is 45.2 Å². The van der Waals surface area contributed by atoms with E-state index in [1.165, 1.54) is 0 Å². The van der Waals surface area contributed by atoms with E-state index in [2.05, 4.69) is 281 Å². The van der Waals surface area contributed by atoms with Crippen LogP contribution in [0.4, 0.5) is 0 Å². The summed E-state index contributed by atoms with van der Waals surface area (Å²) in [5.41, 5.74) is -3.24. The fourth-order valence-electron chi connectivity index (χ4n) is 12.1. The van der Waals surface area contributed by atoms with Crippen molar-refractivity contribution in [3.8, 4) is 0 Å². The Hall–Kier alpha value is -4.21. The van der Waals surface area contributed by atoms with E-state index in [-0.39, 0.29) is 0 Å². The van der Waals surface area contributed by atoms with E-state index in [9.17, 15) is 28.8 Å². The molecule has 9 rings (SSSR count). The summed E-state index contributed by atoms with van der Waals surface area (Å²) < 4.78 is 0. The summed E-state index contributed by atoms with van der Waals surface area (Å²) in [6.45, 7) is 20.5. The van der Waals surface area contributed by atoms with E-state index in [0.717, 1.165) is 97.8 Å². The zero-order valence-corrected chi connectivity index (χ0v) is 49.4. The van der Waals surface area contributed by atoms with Gasteiger partial charge in [0.2, 0.25) is 0 Å². The Bertz CT molecular complexity index is 2770. The topological polar surface area (TPSA) is 0 Å². The van der Waals surface area contributed by atoms with Crippen LogP contribution in [-0.4, -0.2) is 0 Å². The average Bonchev–Trinajstić information content (AvgIpc) is 3.34. The molecule has 0 aliphatic heterocycles. The van der Waals surface area contributed by atoms with Crippen LogP contribution in [0.25, 0.3) is 0 Å². The van der Waals surface area contributed by atoms with Crippen molar-refractivity contribution < 1.29 is 8.36 Å². The van der Waals surface area contributed by atoms with Gasteiger partial charge in [-0.25, -0.2) is 0 Å². The molecule has 7 heteroatoms. The molecule has 0 aliphatic rings. The molecule has 0 spiro atoms. The van der Waals surface area contributed by atoms with Crippen LogP contribution in [0.1, 0.15) is 50.1 Å². The molecule has 0 heterocycles. The standard InChI is InChI=1S/3C21H21P.3ClH.Ir/c3*1-16-10-4-7-13-19(16)22(20-14-8-5-11-17(20)2)21-15-9-6-12-18(21)3;;;;/h3*4-15H,1-3H3;3*1H;. The van der Waals surface area contributed by atoms with Gasteiger partial charge in [-0.05, 0) is 0 Å². The fraction of sp³-hybridized carbons (Fsp3) is 0.143. The second kappa shape index (κ2) is 18.7. The predicted octanol–water partition coefficient (Wildman–Crippen LogP) is 14.4. The summed E-state index contributed by atoms with van der Waals surface area (Å²) in [5, 5.41) is 10.4. The van der Waals surface area contributed by atoms with Crippen LogP contribution in [0.15, 0.2) is 218 Å². The third kappa shape index (κ3) is 6.70. The molecule has 0 bridgehead atoms. The Kier molecular flexibility index (Phi) is 13.5. The first-order valence-corrected chi connectivity index (χ1v) is 49.3. The second-order valence-electron chi connectivity index (χ2n) is 19.2. The number of rotatable bonds is 12. The van der Waals surface area contributed by atoms with Crippen molar-refractivity contribution in [2.24, 2.45) is 0 Å². The Labute approximate surface area is 428 Å². The minimum atomic E-state index is -8.01. The summed E-state index contributed by atoms with van der Waals surface area (Å²) in [7, 11) is 25.5. The van der Waals surface area contributed by atoms with Crippen molar-refractivity contribution in [1.82, 2.24) is 0 Å². The van der Waals surface area contributed by atoms with Crippen molar-refractivity contribution in [3.63, 3.8) is 0 Å². The fourth-order valence-corrected chi connectivity index (χ4v) is 207. The third-order valence-electron chi connectivity index (χ3n) is 15.1. The number of hydrogen-bond acceptors (Lipinski definition) is 0. The van der Waals surface area contributed by atoms with Gasteiger partial charge in [0.25, 0.3) is 0 Å². The number of benzene rings is 9. The van der Waals surface area contributed by atoms with Gasteiger partial charge in [-0.1, -0.05) is 0 Å². The van der Waals surface area contributed by atoms with Gasteiger partial charge in [0.1, 0.15) is 0 Å². The van der Waals surface area contributed by atoms with E-state index in [1.54, 1.807) is 0 Å². The molecule has 0 saturated carbocycles. The van der Waals surface area contributed by atoms with Crippen LogP contribution in [0.2, 0.25) is 0 Å². The molecule has 363 valence electrons. The van der Waals surface area contributed by atoms with Crippen LogP contribution in [-0.2, 0) is 8.36 Å². The third-order valence-corrected chi connectivity index (χ3v) is 160. The van der Waals surface area contributed by atoms with Gasteiger partial charge in [-0.3, -0.25) is 0 Å². The summed E-state index contributed by atoms with van der Waals surface area (Å²) >= 11 is 0. The molecule has 9 aromatic rings. The SMILES string of the molecule is Cc1ccccc1[PH](c1ccccc1C)(c1ccccc1C)[Ir]([Cl])([Cl])([Cl])([PH](c1ccccc1C)(c1ccccc1C)c1ccccc1C)[PH](c1ccccc1C)(c1ccccc1C)c1ccccc1C. The summed E-state index contributed by atoms with van der Waals surface area (Å²) in [6, 6.07) is 81.5.